The van der Waals surface area contributed by atoms with Gasteiger partial charge in [-0.15, -0.1) is 0 Å². The number of pyridine rings is 1. The standard InChI is InChI=1S/C13H13N5/c14-17-13-11(8-18-6-5-15-9-18)7-10-3-1-2-4-12(10)16-13/h1-7,9H,8,14H2,(H,16,17). The van der Waals surface area contributed by atoms with Gasteiger partial charge in [0.2, 0.25) is 0 Å². The third-order valence-corrected chi connectivity index (χ3v) is 2.85. The Morgan fingerprint density at radius 1 is 1.28 bits per heavy atom. The smallest absolute Gasteiger partial charge is 0.145 e. The van der Waals surface area contributed by atoms with Crippen molar-refractivity contribution in [3.63, 3.8) is 0 Å². The molecule has 2 heterocycles. The van der Waals surface area contributed by atoms with Gasteiger partial charge < -0.3 is 9.99 Å². The average molecular weight is 239 g/mol. The highest BCUT2D eigenvalue weighted by atomic mass is 15.3. The molecule has 0 spiro atoms. The fourth-order valence-electron chi connectivity index (χ4n) is 1.98. The zero-order valence-corrected chi connectivity index (χ0v) is 9.74. The van der Waals surface area contributed by atoms with Crippen LogP contribution in [-0.2, 0) is 6.54 Å². The summed E-state index contributed by atoms with van der Waals surface area (Å²) in [6, 6.07) is 10.1. The summed E-state index contributed by atoms with van der Waals surface area (Å²) in [5.41, 5.74) is 4.62. The number of hydrazine groups is 1. The molecule has 2 aromatic heterocycles. The van der Waals surface area contributed by atoms with Crippen LogP contribution in [0.5, 0.6) is 0 Å². The minimum absolute atomic E-state index is 0.692. The van der Waals surface area contributed by atoms with Crippen LogP contribution in [0.4, 0.5) is 5.82 Å². The maximum atomic E-state index is 5.53. The topological polar surface area (TPSA) is 68.8 Å². The summed E-state index contributed by atoms with van der Waals surface area (Å²) in [6.07, 6.45) is 5.44. The van der Waals surface area contributed by atoms with Gasteiger partial charge in [0.1, 0.15) is 5.82 Å². The van der Waals surface area contributed by atoms with Crippen LogP contribution in [0.15, 0.2) is 49.1 Å². The van der Waals surface area contributed by atoms with Crippen LogP contribution in [0, 0.1) is 0 Å². The predicted molar refractivity (Wildman–Crippen MR) is 70.9 cm³/mol. The Morgan fingerprint density at radius 2 is 2.17 bits per heavy atom. The Bertz CT molecular complexity index is 660. The lowest BCUT2D eigenvalue weighted by Gasteiger charge is -2.10. The Labute approximate surface area is 104 Å². The number of anilines is 1. The van der Waals surface area contributed by atoms with E-state index < -0.39 is 0 Å². The van der Waals surface area contributed by atoms with E-state index in [4.69, 9.17) is 5.84 Å². The zero-order valence-electron chi connectivity index (χ0n) is 9.74. The number of fused-ring (bicyclic) bond motifs is 1. The van der Waals surface area contributed by atoms with Crippen molar-refractivity contribution in [3.8, 4) is 0 Å². The third-order valence-electron chi connectivity index (χ3n) is 2.85. The van der Waals surface area contributed by atoms with Crippen LogP contribution in [0.2, 0.25) is 0 Å². The summed E-state index contributed by atoms with van der Waals surface area (Å²) in [5, 5.41) is 1.10. The van der Waals surface area contributed by atoms with Crippen molar-refractivity contribution in [2.45, 2.75) is 6.54 Å². The zero-order chi connectivity index (χ0) is 12.4. The summed E-state index contributed by atoms with van der Waals surface area (Å²) in [5.74, 6) is 6.23. The molecule has 0 aliphatic heterocycles. The molecule has 0 radical (unpaired) electrons. The molecule has 0 unspecified atom stereocenters. The summed E-state index contributed by atoms with van der Waals surface area (Å²) < 4.78 is 1.98. The van der Waals surface area contributed by atoms with E-state index in [-0.39, 0.29) is 0 Å². The molecule has 3 rings (SSSR count). The molecule has 1 aromatic carbocycles. The predicted octanol–water partition coefficient (Wildman–Crippen LogP) is 1.77. The number of aromatic nitrogens is 3. The second kappa shape index (κ2) is 4.46. The molecule has 0 aliphatic carbocycles. The van der Waals surface area contributed by atoms with Crippen molar-refractivity contribution in [1.29, 1.82) is 0 Å². The first kappa shape index (κ1) is 10.7. The summed E-state index contributed by atoms with van der Waals surface area (Å²) in [7, 11) is 0. The average Bonchev–Trinajstić information content (AvgIpc) is 2.91. The summed E-state index contributed by atoms with van der Waals surface area (Å²) in [6.45, 7) is 0.692. The van der Waals surface area contributed by atoms with Gasteiger partial charge in [-0.2, -0.15) is 0 Å². The quantitative estimate of drug-likeness (QED) is 0.540. The lowest BCUT2D eigenvalue weighted by Crippen LogP contribution is -2.12. The molecule has 0 saturated carbocycles. The Morgan fingerprint density at radius 3 is 2.94 bits per heavy atom. The van der Waals surface area contributed by atoms with Crippen molar-refractivity contribution in [2.75, 3.05) is 5.43 Å². The van der Waals surface area contributed by atoms with E-state index in [9.17, 15) is 0 Å². The molecule has 0 saturated heterocycles. The maximum Gasteiger partial charge on any atom is 0.145 e. The lowest BCUT2D eigenvalue weighted by molar-refractivity contribution is 0.796. The van der Waals surface area contributed by atoms with Gasteiger partial charge >= 0.3 is 0 Å². The van der Waals surface area contributed by atoms with E-state index in [1.807, 2.05) is 35.0 Å². The van der Waals surface area contributed by atoms with E-state index in [1.54, 1.807) is 12.5 Å². The van der Waals surface area contributed by atoms with Crippen molar-refractivity contribution >= 4 is 16.7 Å². The Kier molecular flexibility index (Phi) is 2.66. The third kappa shape index (κ3) is 1.91. The second-order valence-corrected chi connectivity index (χ2v) is 4.07. The van der Waals surface area contributed by atoms with Crippen LogP contribution < -0.4 is 11.3 Å². The fraction of sp³-hybridized carbons (Fsp3) is 0.0769. The minimum Gasteiger partial charge on any atom is -0.333 e. The SMILES string of the molecule is NNc1nc2ccccc2cc1Cn1ccnc1. The number of nitrogens with two attached hydrogens (primary N) is 1. The van der Waals surface area contributed by atoms with E-state index in [2.05, 4.69) is 21.5 Å². The van der Waals surface area contributed by atoms with Gasteiger partial charge in [-0.05, 0) is 12.1 Å². The lowest BCUT2D eigenvalue weighted by atomic mass is 10.1. The van der Waals surface area contributed by atoms with Crippen molar-refractivity contribution in [1.82, 2.24) is 14.5 Å². The number of nitrogens with one attached hydrogen (secondary N) is 1. The number of nitrogens with zero attached hydrogens (tertiary/aromatic N) is 3. The highest BCUT2D eigenvalue weighted by Crippen LogP contribution is 2.20. The number of hydrogen-bond acceptors (Lipinski definition) is 4. The normalized spacial score (nSPS) is 10.7. The van der Waals surface area contributed by atoms with E-state index in [1.165, 1.54) is 0 Å². The van der Waals surface area contributed by atoms with Crippen LogP contribution in [0.25, 0.3) is 10.9 Å². The molecular weight excluding hydrogens is 226 g/mol. The number of nitrogen functional groups attached to an aromatic ring is 1. The van der Waals surface area contributed by atoms with Crippen molar-refractivity contribution in [3.05, 3.63) is 54.6 Å². The van der Waals surface area contributed by atoms with Crippen LogP contribution in [0.1, 0.15) is 5.56 Å². The van der Waals surface area contributed by atoms with Crippen molar-refractivity contribution in [2.24, 2.45) is 5.84 Å². The first-order valence-electron chi connectivity index (χ1n) is 5.68. The Hall–Kier alpha value is -2.40. The highest BCUT2D eigenvalue weighted by Gasteiger charge is 2.06. The molecule has 0 bridgehead atoms. The number of para-hydroxylation sites is 1. The van der Waals surface area contributed by atoms with Gasteiger partial charge in [-0.1, -0.05) is 18.2 Å². The molecule has 0 amide bonds. The second-order valence-electron chi connectivity index (χ2n) is 4.07. The van der Waals surface area contributed by atoms with Gasteiger partial charge in [-0.3, -0.25) is 0 Å². The van der Waals surface area contributed by atoms with E-state index >= 15 is 0 Å². The molecule has 5 nitrogen and oxygen atoms in total. The monoisotopic (exact) mass is 239 g/mol. The number of imidazole rings is 1. The first-order chi connectivity index (χ1) is 8.86. The number of benzene rings is 1. The molecule has 5 heteroatoms. The largest absolute Gasteiger partial charge is 0.333 e. The molecule has 0 aliphatic rings. The first-order valence-corrected chi connectivity index (χ1v) is 5.68. The van der Waals surface area contributed by atoms with E-state index in [0.29, 0.717) is 12.4 Å². The van der Waals surface area contributed by atoms with Gasteiger partial charge in [0.15, 0.2) is 0 Å². The van der Waals surface area contributed by atoms with Crippen LogP contribution in [-0.4, -0.2) is 14.5 Å². The fourth-order valence-corrected chi connectivity index (χ4v) is 1.98. The van der Waals surface area contributed by atoms with Crippen LogP contribution in [0.3, 0.4) is 0 Å². The summed E-state index contributed by atoms with van der Waals surface area (Å²) >= 11 is 0. The van der Waals surface area contributed by atoms with Crippen molar-refractivity contribution < 1.29 is 0 Å². The van der Waals surface area contributed by atoms with Gasteiger partial charge in [-0.25, -0.2) is 15.8 Å². The molecule has 18 heavy (non-hydrogen) atoms. The molecule has 3 aromatic rings. The van der Waals surface area contributed by atoms with E-state index in [0.717, 1.165) is 16.5 Å². The molecule has 0 atom stereocenters. The summed E-state index contributed by atoms with van der Waals surface area (Å²) in [4.78, 5) is 8.53. The minimum atomic E-state index is 0.692. The molecular formula is C13H13N5. The number of hydrogen-bond donors (Lipinski definition) is 2. The van der Waals surface area contributed by atoms with Gasteiger partial charge in [0, 0.05) is 23.3 Å². The number of rotatable bonds is 3. The van der Waals surface area contributed by atoms with Gasteiger partial charge in [0.25, 0.3) is 0 Å². The highest BCUT2D eigenvalue weighted by molar-refractivity contribution is 5.81. The Balaban J connectivity index is 2.09. The maximum absolute atomic E-state index is 5.53. The van der Waals surface area contributed by atoms with Gasteiger partial charge in [0.05, 0.1) is 18.4 Å². The molecule has 90 valence electrons. The van der Waals surface area contributed by atoms with Crippen LogP contribution >= 0.6 is 0 Å². The molecule has 3 N–H and O–H groups in total. The molecule has 0 fully saturated rings.